The van der Waals surface area contributed by atoms with Crippen molar-refractivity contribution in [2.24, 2.45) is 5.14 Å². The largest absolute Gasteiger partial charge is 0.265 e. The van der Waals surface area contributed by atoms with Crippen molar-refractivity contribution in [3.63, 3.8) is 0 Å². The standard InChI is InChI=1S/C6H4F3IN2O2S/c7-5(8)2-1-3(10)12-6(9)4(2)15(11,13)14/h1,5H,(H2,11,13,14). The van der Waals surface area contributed by atoms with Crippen LogP contribution in [0.4, 0.5) is 13.2 Å². The number of sulfonamides is 1. The number of nitrogens with two attached hydrogens (primary N) is 1. The zero-order valence-corrected chi connectivity index (χ0v) is 9.89. The lowest BCUT2D eigenvalue weighted by Crippen LogP contribution is -2.18. The Morgan fingerprint density at radius 3 is 2.40 bits per heavy atom. The van der Waals surface area contributed by atoms with E-state index in [0.29, 0.717) is 0 Å². The summed E-state index contributed by atoms with van der Waals surface area (Å²) in [5.74, 6) is -1.51. The van der Waals surface area contributed by atoms with Gasteiger partial charge in [0, 0.05) is 5.56 Å². The Bertz CT molecular complexity index is 491. The predicted octanol–water partition coefficient (Wildman–Crippen LogP) is 1.41. The first kappa shape index (κ1) is 12.6. The molecule has 1 aromatic heterocycles. The minimum absolute atomic E-state index is 0.0761. The van der Waals surface area contributed by atoms with Crippen LogP contribution in [0.5, 0.6) is 0 Å². The lowest BCUT2D eigenvalue weighted by atomic mass is 10.3. The van der Waals surface area contributed by atoms with Gasteiger partial charge in [-0.15, -0.1) is 0 Å². The number of alkyl halides is 2. The van der Waals surface area contributed by atoms with Gasteiger partial charge in [-0.2, -0.15) is 4.39 Å². The van der Waals surface area contributed by atoms with Crippen LogP contribution in [0.1, 0.15) is 12.0 Å². The summed E-state index contributed by atoms with van der Waals surface area (Å²) in [5, 5.41) is 4.60. The van der Waals surface area contributed by atoms with Crippen LogP contribution in [0.2, 0.25) is 0 Å². The molecule has 0 aliphatic carbocycles. The summed E-state index contributed by atoms with van der Waals surface area (Å²) in [7, 11) is -4.55. The van der Waals surface area contributed by atoms with Gasteiger partial charge in [-0.1, -0.05) is 0 Å². The van der Waals surface area contributed by atoms with Crippen LogP contribution >= 0.6 is 22.6 Å². The van der Waals surface area contributed by atoms with Gasteiger partial charge in [0.2, 0.25) is 16.0 Å². The molecule has 15 heavy (non-hydrogen) atoms. The minimum Gasteiger partial charge on any atom is -0.224 e. The Morgan fingerprint density at radius 1 is 1.47 bits per heavy atom. The smallest absolute Gasteiger partial charge is 0.224 e. The van der Waals surface area contributed by atoms with Crippen LogP contribution in [-0.2, 0) is 10.0 Å². The molecule has 0 amide bonds. The van der Waals surface area contributed by atoms with Gasteiger partial charge in [-0.25, -0.2) is 27.3 Å². The molecule has 0 atom stereocenters. The van der Waals surface area contributed by atoms with E-state index in [9.17, 15) is 21.6 Å². The Balaban J connectivity index is 3.62. The Kier molecular flexibility index (Phi) is 3.55. The van der Waals surface area contributed by atoms with Gasteiger partial charge < -0.3 is 0 Å². The molecule has 0 aliphatic rings. The average molecular weight is 352 g/mol. The molecule has 0 saturated carbocycles. The van der Waals surface area contributed by atoms with Crippen molar-refractivity contribution in [2.75, 3.05) is 0 Å². The molecule has 0 bridgehead atoms. The number of primary sulfonamides is 1. The van der Waals surface area contributed by atoms with Crippen LogP contribution in [0, 0.1) is 9.65 Å². The van der Waals surface area contributed by atoms with Crippen molar-refractivity contribution in [3.8, 4) is 0 Å². The number of halogens is 4. The molecule has 1 rings (SSSR count). The molecule has 0 aromatic carbocycles. The van der Waals surface area contributed by atoms with E-state index in [0.717, 1.165) is 6.07 Å². The Morgan fingerprint density at radius 2 is 2.00 bits per heavy atom. The Labute approximate surface area is 96.9 Å². The van der Waals surface area contributed by atoms with Gasteiger partial charge in [0.25, 0.3) is 6.43 Å². The van der Waals surface area contributed by atoms with Gasteiger partial charge in [0.15, 0.2) is 0 Å². The van der Waals surface area contributed by atoms with E-state index in [1.54, 1.807) is 0 Å². The molecule has 0 saturated heterocycles. The van der Waals surface area contributed by atoms with Crippen LogP contribution in [-0.4, -0.2) is 13.4 Å². The molecule has 0 fully saturated rings. The number of pyridine rings is 1. The maximum atomic E-state index is 13.1. The van der Waals surface area contributed by atoms with Crippen LogP contribution in [0.15, 0.2) is 11.0 Å². The van der Waals surface area contributed by atoms with E-state index >= 15 is 0 Å². The van der Waals surface area contributed by atoms with Crippen LogP contribution < -0.4 is 5.14 Å². The minimum atomic E-state index is -4.55. The van der Waals surface area contributed by atoms with Crippen molar-refractivity contribution in [2.45, 2.75) is 11.3 Å². The second-order valence-corrected chi connectivity index (χ2v) is 5.10. The number of rotatable bonds is 2. The summed E-state index contributed by atoms with van der Waals surface area (Å²) in [6, 6.07) is 0.772. The van der Waals surface area contributed by atoms with Gasteiger partial charge in [0.1, 0.15) is 8.60 Å². The normalized spacial score (nSPS) is 12.1. The second-order valence-electron chi connectivity index (χ2n) is 2.50. The van der Waals surface area contributed by atoms with E-state index in [1.807, 2.05) is 0 Å². The molecule has 4 nitrogen and oxygen atoms in total. The maximum absolute atomic E-state index is 13.1. The number of aromatic nitrogens is 1. The molecule has 2 N–H and O–H groups in total. The third-order valence-corrected chi connectivity index (χ3v) is 2.97. The second kappa shape index (κ2) is 4.22. The number of hydrogen-bond acceptors (Lipinski definition) is 3. The number of hydrogen-bond donors (Lipinski definition) is 1. The van der Waals surface area contributed by atoms with E-state index in [-0.39, 0.29) is 3.70 Å². The molecule has 0 spiro atoms. The molecular weight excluding hydrogens is 348 g/mol. The summed E-state index contributed by atoms with van der Waals surface area (Å²) in [6.45, 7) is 0. The fraction of sp³-hybridized carbons (Fsp3) is 0.167. The predicted molar refractivity (Wildman–Crippen MR) is 53.2 cm³/mol. The molecule has 1 aromatic rings. The van der Waals surface area contributed by atoms with E-state index in [2.05, 4.69) is 10.1 Å². The summed E-state index contributed by atoms with van der Waals surface area (Å²) < 4.78 is 59.5. The van der Waals surface area contributed by atoms with Crippen molar-refractivity contribution in [1.29, 1.82) is 0 Å². The van der Waals surface area contributed by atoms with Gasteiger partial charge in [-0.3, -0.25) is 0 Å². The molecule has 84 valence electrons. The Hall–Kier alpha value is -0.420. The van der Waals surface area contributed by atoms with Crippen molar-refractivity contribution < 1.29 is 21.6 Å². The highest BCUT2D eigenvalue weighted by molar-refractivity contribution is 14.1. The van der Waals surface area contributed by atoms with Crippen molar-refractivity contribution in [1.82, 2.24) is 4.98 Å². The molecule has 1 heterocycles. The van der Waals surface area contributed by atoms with Crippen molar-refractivity contribution in [3.05, 3.63) is 21.3 Å². The summed E-state index contributed by atoms with van der Waals surface area (Å²) in [5.41, 5.74) is -0.977. The third-order valence-electron chi connectivity index (χ3n) is 1.45. The van der Waals surface area contributed by atoms with Crippen LogP contribution in [0.25, 0.3) is 0 Å². The first-order valence-electron chi connectivity index (χ1n) is 3.40. The van der Waals surface area contributed by atoms with E-state index in [1.165, 1.54) is 22.6 Å². The fourth-order valence-electron chi connectivity index (χ4n) is 0.934. The maximum Gasteiger partial charge on any atom is 0.265 e. The number of nitrogens with zero attached hydrogens (tertiary/aromatic N) is 1. The van der Waals surface area contributed by atoms with Crippen molar-refractivity contribution >= 4 is 32.6 Å². The third kappa shape index (κ3) is 2.78. The first-order chi connectivity index (χ1) is 6.73. The van der Waals surface area contributed by atoms with Gasteiger partial charge in [-0.05, 0) is 28.7 Å². The molecular formula is C6H4F3IN2O2S. The van der Waals surface area contributed by atoms with Gasteiger partial charge >= 0.3 is 0 Å². The molecule has 0 radical (unpaired) electrons. The first-order valence-corrected chi connectivity index (χ1v) is 6.03. The topological polar surface area (TPSA) is 73.1 Å². The molecule has 0 aliphatic heterocycles. The SMILES string of the molecule is NS(=O)(=O)c1c(C(F)F)cc(I)nc1F. The summed E-state index contributed by atoms with van der Waals surface area (Å²) >= 11 is 1.49. The van der Waals surface area contributed by atoms with E-state index < -0.39 is 32.9 Å². The van der Waals surface area contributed by atoms with Crippen LogP contribution in [0.3, 0.4) is 0 Å². The lowest BCUT2D eigenvalue weighted by Gasteiger charge is -2.07. The van der Waals surface area contributed by atoms with E-state index in [4.69, 9.17) is 0 Å². The zero-order chi connectivity index (χ0) is 11.8. The summed E-state index contributed by atoms with van der Waals surface area (Å²) in [6.07, 6.45) is -3.13. The highest BCUT2D eigenvalue weighted by Gasteiger charge is 2.26. The quantitative estimate of drug-likeness (QED) is 0.646. The molecule has 0 unspecified atom stereocenters. The average Bonchev–Trinajstić information content (AvgIpc) is 1.99. The van der Waals surface area contributed by atoms with Gasteiger partial charge in [0.05, 0.1) is 0 Å². The highest BCUT2D eigenvalue weighted by atomic mass is 127. The zero-order valence-electron chi connectivity index (χ0n) is 6.92. The monoisotopic (exact) mass is 352 g/mol. The lowest BCUT2D eigenvalue weighted by molar-refractivity contribution is 0.146. The highest BCUT2D eigenvalue weighted by Crippen LogP contribution is 2.28. The summed E-state index contributed by atoms with van der Waals surface area (Å²) in [4.78, 5) is 1.86. The fourth-order valence-corrected chi connectivity index (χ4v) is 2.24. The molecule has 9 heteroatoms.